The zero-order valence-corrected chi connectivity index (χ0v) is 6.49. The molecule has 0 saturated heterocycles. The SMILES string of the molecule is CC(CN)Nc1ncccn1. The Balaban J connectivity index is 2.51. The second kappa shape index (κ2) is 3.88. The third-order valence-electron chi connectivity index (χ3n) is 1.29. The second-order valence-corrected chi connectivity index (χ2v) is 2.35. The smallest absolute Gasteiger partial charge is 0.222 e. The summed E-state index contributed by atoms with van der Waals surface area (Å²) < 4.78 is 0. The van der Waals surface area contributed by atoms with Gasteiger partial charge in [0.1, 0.15) is 0 Å². The van der Waals surface area contributed by atoms with E-state index in [1.54, 1.807) is 18.5 Å². The third-order valence-corrected chi connectivity index (χ3v) is 1.29. The lowest BCUT2D eigenvalue weighted by Gasteiger charge is -2.09. The Morgan fingerprint density at radius 1 is 1.55 bits per heavy atom. The third kappa shape index (κ3) is 2.51. The first-order valence-corrected chi connectivity index (χ1v) is 3.56. The Kier molecular flexibility index (Phi) is 2.80. The van der Waals surface area contributed by atoms with Gasteiger partial charge in [-0.25, -0.2) is 9.97 Å². The lowest BCUT2D eigenvalue weighted by atomic mass is 10.3. The Labute approximate surface area is 65.9 Å². The largest absolute Gasteiger partial charge is 0.351 e. The van der Waals surface area contributed by atoms with Crippen LogP contribution in [0.1, 0.15) is 6.92 Å². The average Bonchev–Trinajstić information content (AvgIpc) is 2.06. The number of nitrogens with two attached hydrogens (primary N) is 1. The number of rotatable bonds is 3. The van der Waals surface area contributed by atoms with Crippen LogP contribution in [0, 0.1) is 0 Å². The van der Waals surface area contributed by atoms with Crippen molar-refractivity contribution in [2.45, 2.75) is 13.0 Å². The van der Waals surface area contributed by atoms with Crippen LogP contribution in [0.25, 0.3) is 0 Å². The van der Waals surface area contributed by atoms with Crippen LogP contribution in [0.4, 0.5) is 5.95 Å². The summed E-state index contributed by atoms with van der Waals surface area (Å²) in [5.74, 6) is 0.630. The normalized spacial score (nSPS) is 12.5. The number of anilines is 1. The Morgan fingerprint density at radius 3 is 2.73 bits per heavy atom. The highest BCUT2D eigenvalue weighted by Crippen LogP contribution is 1.95. The van der Waals surface area contributed by atoms with E-state index in [1.807, 2.05) is 6.92 Å². The lowest BCUT2D eigenvalue weighted by molar-refractivity contribution is 0.790. The fourth-order valence-corrected chi connectivity index (χ4v) is 0.653. The van der Waals surface area contributed by atoms with Gasteiger partial charge in [-0.2, -0.15) is 0 Å². The first kappa shape index (κ1) is 7.94. The number of hydrogen-bond donors (Lipinski definition) is 2. The van der Waals surface area contributed by atoms with E-state index in [0.717, 1.165) is 0 Å². The van der Waals surface area contributed by atoms with Gasteiger partial charge in [-0.3, -0.25) is 0 Å². The summed E-state index contributed by atoms with van der Waals surface area (Å²) in [5, 5.41) is 3.04. The molecule has 4 nitrogen and oxygen atoms in total. The molecule has 1 heterocycles. The zero-order chi connectivity index (χ0) is 8.10. The molecule has 11 heavy (non-hydrogen) atoms. The Hall–Kier alpha value is -1.16. The fraction of sp³-hybridized carbons (Fsp3) is 0.429. The Bertz CT molecular complexity index is 199. The molecule has 0 saturated carbocycles. The van der Waals surface area contributed by atoms with E-state index in [1.165, 1.54) is 0 Å². The molecule has 0 aliphatic carbocycles. The molecule has 1 unspecified atom stereocenters. The van der Waals surface area contributed by atoms with Crippen molar-refractivity contribution < 1.29 is 0 Å². The molecule has 1 atom stereocenters. The van der Waals surface area contributed by atoms with Gasteiger partial charge in [0.15, 0.2) is 0 Å². The van der Waals surface area contributed by atoms with Crippen molar-refractivity contribution in [2.24, 2.45) is 5.73 Å². The summed E-state index contributed by atoms with van der Waals surface area (Å²) >= 11 is 0. The van der Waals surface area contributed by atoms with Crippen molar-refractivity contribution in [1.82, 2.24) is 9.97 Å². The first-order valence-electron chi connectivity index (χ1n) is 3.56. The standard InChI is InChI=1S/C7H12N4/c1-6(5-8)11-7-9-3-2-4-10-7/h2-4,6H,5,8H2,1H3,(H,9,10,11). The van der Waals surface area contributed by atoms with Crippen molar-refractivity contribution in [1.29, 1.82) is 0 Å². The van der Waals surface area contributed by atoms with Crippen LogP contribution in [-0.2, 0) is 0 Å². The Morgan fingerprint density at radius 2 is 2.18 bits per heavy atom. The van der Waals surface area contributed by atoms with Gasteiger partial charge in [-0.05, 0) is 13.0 Å². The molecule has 0 aromatic carbocycles. The van der Waals surface area contributed by atoms with Gasteiger partial charge in [0.05, 0.1) is 0 Å². The highest BCUT2D eigenvalue weighted by atomic mass is 15.1. The van der Waals surface area contributed by atoms with Gasteiger partial charge in [-0.1, -0.05) is 0 Å². The molecular weight excluding hydrogens is 140 g/mol. The van der Waals surface area contributed by atoms with Gasteiger partial charge >= 0.3 is 0 Å². The monoisotopic (exact) mass is 152 g/mol. The average molecular weight is 152 g/mol. The van der Waals surface area contributed by atoms with E-state index in [2.05, 4.69) is 15.3 Å². The topological polar surface area (TPSA) is 63.8 Å². The molecule has 0 radical (unpaired) electrons. The van der Waals surface area contributed by atoms with Crippen LogP contribution in [0.15, 0.2) is 18.5 Å². The zero-order valence-electron chi connectivity index (χ0n) is 6.49. The van der Waals surface area contributed by atoms with Crippen LogP contribution in [0.2, 0.25) is 0 Å². The number of nitrogens with one attached hydrogen (secondary N) is 1. The van der Waals surface area contributed by atoms with E-state index < -0.39 is 0 Å². The predicted molar refractivity (Wildman–Crippen MR) is 44.2 cm³/mol. The summed E-state index contributed by atoms with van der Waals surface area (Å²) in [6.07, 6.45) is 3.39. The predicted octanol–water partition coefficient (Wildman–Crippen LogP) is 0.236. The molecule has 4 heteroatoms. The molecule has 3 N–H and O–H groups in total. The van der Waals surface area contributed by atoms with Gasteiger partial charge in [0, 0.05) is 25.0 Å². The van der Waals surface area contributed by atoms with Crippen LogP contribution >= 0.6 is 0 Å². The minimum absolute atomic E-state index is 0.220. The van der Waals surface area contributed by atoms with Crippen LogP contribution in [-0.4, -0.2) is 22.6 Å². The van der Waals surface area contributed by atoms with Gasteiger partial charge < -0.3 is 11.1 Å². The van der Waals surface area contributed by atoms with E-state index >= 15 is 0 Å². The van der Waals surface area contributed by atoms with Gasteiger partial charge in [-0.15, -0.1) is 0 Å². The molecule has 1 aromatic rings. The summed E-state index contributed by atoms with van der Waals surface area (Å²) in [7, 11) is 0. The van der Waals surface area contributed by atoms with Crippen LogP contribution < -0.4 is 11.1 Å². The second-order valence-electron chi connectivity index (χ2n) is 2.35. The highest BCUT2D eigenvalue weighted by Gasteiger charge is 1.98. The number of nitrogens with zero attached hydrogens (tertiary/aromatic N) is 2. The summed E-state index contributed by atoms with van der Waals surface area (Å²) in [4.78, 5) is 7.98. The molecule has 0 fully saturated rings. The van der Waals surface area contributed by atoms with Crippen molar-refractivity contribution in [3.8, 4) is 0 Å². The lowest BCUT2D eigenvalue weighted by Crippen LogP contribution is -2.26. The van der Waals surface area contributed by atoms with Crippen molar-refractivity contribution in [3.05, 3.63) is 18.5 Å². The summed E-state index contributed by atoms with van der Waals surface area (Å²) in [5.41, 5.74) is 5.40. The molecule has 1 rings (SSSR count). The van der Waals surface area contributed by atoms with Gasteiger partial charge in [0.2, 0.25) is 5.95 Å². The molecule has 0 aliphatic heterocycles. The molecule has 60 valence electrons. The molecule has 0 aliphatic rings. The minimum atomic E-state index is 0.220. The maximum atomic E-state index is 5.40. The van der Waals surface area contributed by atoms with Crippen molar-refractivity contribution >= 4 is 5.95 Å². The minimum Gasteiger partial charge on any atom is -0.351 e. The molecule has 0 spiro atoms. The quantitative estimate of drug-likeness (QED) is 0.651. The van der Waals surface area contributed by atoms with Gasteiger partial charge in [0.25, 0.3) is 0 Å². The molecule has 1 aromatic heterocycles. The number of aromatic nitrogens is 2. The van der Waals surface area contributed by atoms with E-state index in [4.69, 9.17) is 5.73 Å². The first-order chi connectivity index (χ1) is 5.33. The van der Waals surface area contributed by atoms with Crippen LogP contribution in [0.3, 0.4) is 0 Å². The number of hydrogen-bond acceptors (Lipinski definition) is 4. The maximum Gasteiger partial charge on any atom is 0.222 e. The molecular formula is C7H12N4. The summed E-state index contributed by atoms with van der Waals surface area (Å²) in [6.45, 7) is 2.56. The van der Waals surface area contributed by atoms with Crippen molar-refractivity contribution in [3.63, 3.8) is 0 Å². The van der Waals surface area contributed by atoms with Crippen molar-refractivity contribution in [2.75, 3.05) is 11.9 Å². The fourth-order valence-electron chi connectivity index (χ4n) is 0.653. The molecule has 0 bridgehead atoms. The van der Waals surface area contributed by atoms with E-state index in [-0.39, 0.29) is 6.04 Å². The molecule has 0 amide bonds. The van der Waals surface area contributed by atoms with E-state index in [9.17, 15) is 0 Å². The van der Waals surface area contributed by atoms with Crippen LogP contribution in [0.5, 0.6) is 0 Å². The highest BCUT2D eigenvalue weighted by molar-refractivity contribution is 5.23. The summed E-state index contributed by atoms with van der Waals surface area (Å²) in [6, 6.07) is 2.00. The van der Waals surface area contributed by atoms with E-state index in [0.29, 0.717) is 12.5 Å². The maximum absolute atomic E-state index is 5.40.